The Hall–Kier alpha value is -5.18. The van der Waals surface area contributed by atoms with Crippen molar-refractivity contribution in [2.24, 2.45) is 5.10 Å². The first-order valence-corrected chi connectivity index (χ1v) is 15.5. The molecule has 1 aliphatic heterocycles. The predicted molar refractivity (Wildman–Crippen MR) is 178 cm³/mol. The molecular weight excluding hydrogens is 609 g/mol. The molecule has 0 fully saturated rings. The fourth-order valence-electron chi connectivity index (χ4n) is 5.23. The second kappa shape index (κ2) is 12.4. The van der Waals surface area contributed by atoms with Crippen molar-refractivity contribution in [3.63, 3.8) is 0 Å². The third-order valence-electron chi connectivity index (χ3n) is 7.45. The maximum atomic E-state index is 11.4. The van der Waals surface area contributed by atoms with E-state index in [0.717, 1.165) is 42.6 Å². The van der Waals surface area contributed by atoms with E-state index in [2.05, 4.69) is 37.3 Å². The van der Waals surface area contributed by atoms with Crippen LogP contribution in [0.4, 0.5) is 5.69 Å². The van der Waals surface area contributed by atoms with E-state index in [1.165, 1.54) is 23.0 Å². The number of nitriles is 1. The molecule has 3 aromatic carbocycles. The summed E-state index contributed by atoms with van der Waals surface area (Å²) in [5.41, 5.74) is 5.52. The maximum absolute atomic E-state index is 11.4. The van der Waals surface area contributed by atoms with E-state index in [4.69, 9.17) is 24.3 Å². The number of aryl methyl sites for hydroxylation is 1. The molecule has 45 heavy (non-hydrogen) atoms. The Morgan fingerprint density at radius 2 is 1.73 bits per heavy atom. The number of fused-ring (bicyclic) bond motifs is 1. The highest BCUT2D eigenvalue weighted by atomic mass is 32.1. The van der Waals surface area contributed by atoms with Gasteiger partial charge in [0.25, 0.3) is 0 Å². The summed E-state index contributed by atoms with van der Waals surface area (Å²) in [5, 5.41) is 26.5. The van der Waals surface area contributed by atoms with Gasteiger partial charge < -0.3 is 19.3 Å². The number of nitrogens with zero attached hydrogens (tertiary/aromatic N) is 4. The summed E-state index contributed by atoms with van der Waals surface area (Å²) in [6.07, 6.45) is 1.94. The van der Waals surface area contributed by atoms with Gasteiger partial charge in [0.15, 0.2) is 11.5 Å². The van der Waals surface area contributed by atoms with E-state index in [-0.39, 0.29) is 11.6 Å². The van der Waals surface area contributed by atoms with Gasteiger partial charge in [-0.25, -0.2) is 9.78 Å². The smallest absolute Gasteiger partial charge is 0.346 e. The van der Waals surface area contributed by atoms with Gasteiger partial charge in [0.2, 0.25) is 5.75 Å². The monoisotopic (exact) mass is 636 g/mol. The van der Waals surface area contributed by atoms with Crippen LogP contribution in [0.3, 0.4) is 0 Å². The summed E-state index contributed by atoms with van der Waals surface area (Å²) < 4.78 is 18.0. The molecule has 1 atom stereocenters. The fourth-order valence-corrected chi connectivity index (χ4v) is 7.25. The molecule has 0 bridgehead atoms. The van der Waals surface area contributed by atoms with Crippen LogP contribution in [0.25, 0.3) is 26.9 Å². The zero-order valence-electron chi connectivity index (χ0n) is 24.9. The summed E-state index contributed by atoms with van der Waals surface area (Å²) in [6.45, 7) is 2.08. The fraction of sp³-hybridized carbons (Fsp3) is 0.176. The average Bonchev–Trinajstić information content (AvgIpc) is 3.81. The number of ether oxygens (including phenoxy) is 3. The Morgan fingerprint density at radius 1 is 1.00 bits per heavy atom. The molecule has 0 amide bonds. The van der Waals surface area contributed by atoms with Crippen molar-refractivity contribution >= 4 is 56.3 Å². The molecule has 0 saturated heterocycles. The number of anilines is 1. The Kier molecular flexibility index (Phi) is 8.26. The molecule has 0 spiro atoms. The first-order valence-electron chi connectivity index (χ1n) is 13.9. The molecule has 1 aliphatic rings. The van der Waals surface area contributed by atoms with Crippen LogP contribution in [0.2, 0.25) is 0 Å². The number of carboxylic acid groups (broad SMARTS) is 1. The van der Waals surface area contributed by atoms with Crippen molar-refractivity contribution in [1.82, 2.24) is 4.98 Å². The van der Waals surface area contributed by atoms with E-state index in [0.29, 0.717) is 28.5 Å². The first kappa shape index (κ1) is 29.9. The lowest BCUT2D eigenvalue weighted by Crippen LogP contribution is -2.18. The largest absolute Gasteiger partial charge is 0.493 e. The molecule has 1 unspecified atom stereocenters. The number of aliphatic carboxylic acids is 1. The van der Waals surface area contributed by atoms with Gasteiger partial charge in [-0.05, 0) is 84.8 Å². The van der Waals surface area contributed by atoms with E-state index in [1.54, 1.807) is 44.8 Å². The lowest BCUT2D eigenvalue weighted by Gasteiger charge is -2.25. The molecule has 6 rings (SSSR count). The third kappa shape index (κ3) is 5.85. The van der Waals surface area contributed by atoms with Crippen LogP contribution in [-0.4, -0.2) is 43.1 Å². The zero-order chi connectivity index (χ0) is 31.7. The SMILES string of the molecule is COc1cc(C2CC(c3ccc(C=C(C#N)C(=O)O)s3)=NN2c2ccc(-c3nc4ccc(C)cc4s3)cc2)cc(OC)c1OC. The third-order valence-corrected chi connectivity index (χ3v) is 9.60. The molecule has 0 saturated carbocycles. The van der Waals surface area contributed by atoms with Gasteiger partial charge in [-0.15, -0.1) is 22.7 Å². The van der Waals surface area contributed by atoms with Crippen molar-refractivity contribution in [3.05, 3.63) is 93.2 Å². The molecule has 226 valence electrons. The highest BCUT2D eigenvalue weighted by Gasteiger charge is 2.32. The van der Waals surface area contributed by atoms with Gasteiger partial charge in [-0.2, -0.15) is 10.4 Å². The van der Waals surface area contributed by atoms with Crippen LogP contribution in [0, 0.1) is 18.3 Å². The molecule has 3 heterocycles. The summed E-state index contributed by atoms with van der Waals surface area (Å²) in [5.74, 6) is 0.334. The van der Waals surface area contributed by atoms with Crippen molar-refractivity contribution in [1.29, 1.82) is 5.26 Å². The number of hydrazone groups is 1. The second-order valence-corrected chi connectivity index (χ2v) is 12.4. The minimum Gasteiger partial charge on any atom is -0.493 e. The molecule has 0 aliphatic carbocycles. The van der Waals surface area contributed by atoms with E-state index < -0.39 is 5.97 Å². The van der Waals surface area contributed by atoms with E-state index in [9.17, 15) is 15.2 Å². The number of benzene rings is 3. The summed E-state index contributed by atoms with van der Waals surface area (Å²) in [6, 6.07) is 23.6. The number of carbonyl (C=O) groups is 1. The zero-order valence-corrected chi connectivity index (χ0v) is 26.5. The first-order chi connectivity index (χ1) is 21.8. The lowest BCUT2D eigenvalue weighted by atomic mass is 9.99. The maximum Gasteiger partial charge on any atom is 0.346 e. The second-order valence-electron chi connectivity index (χ2n) is 10.3. The number of aromatic nitrogens is 1. The van der Waals surface area contributed by atoms with Gasteiger partial charge >= 0.3 is 5.97 Å². The minimum absolute atomic E-state index is 0.209. The minimum atomic E-state index is -1.26. The lowest BCUT2D eigenvalue weighted by molar-refractivity contribution is -0.132. The van der Waals surface area contributed by atoms with Crippen molar-refractivity contribution in [2.75, 3.05) is 26.3 Å². The molecule has 0 radical (unpaired) electrons. The molecule has 9 nitrogen and oxygen atoms in total. The number of rotatable bonds is 9. The summed E-state index contributed by atoms with van der Waals surface area (Å²) in [4.78, 5) is 17.7. The quantitative estimate of drug-likeness (QED) is 0.129. The predicted octanol–water partition coefficient (Wildman–Crippen LogP) is 7.71. The van der Waals surface area contributed by atoms with E-state index >= 15 is 0 Å². The Labute approximate surface area is 267 Å². The Morgan fingerprint density at radius 3 is 2.38 bits per heavy atom. The van der Waals surface area contributed by atoms with Gasteiger partial charge in [0.05, 0.1) is 53.9 Å². The standard InChI is InChI=1S/C34H28N4O5S2/c1-19-5-11-25-31(13-19)45-33(36-25)20-6-8-23(9-7-20)38-27(21-15-28(41-2)32(43-4)29(16-21)42-3)17-26(37-38)30-12-10-24(44-30)14-22(18-35)34(39)40/h5-16,27H,17H2,1-4H3,(H,39,40). The normalized spacial score (nSPS) is 14.7. The van der Waals surface area contributed by atoms with Crippen LogP contribution in [0.1, 0.15) is 33.3 Å². The van der Waals surface area contributed by atoms with Gasteiger partial charge in [0.1, 0.15) is 16.6 Å². The number of hydrogen-bond donors (Lipinski definition) is 1. The highest BCUT2D eigenvalue weighted by Crippen LogP contribution is 2.45. The summed E-state index contributed by atoms with van der Waals surface area (Å²) in [7, 11) is 4.75. The van der Waals surface area contributed by atoms with Crippen LogP contribution in [-0.2, 0) is 4.79 Å². The number of carboxylic acids is 1. The van der Waals surface area contributed by atoms with Gasteiger partial charge in [-0.1, -0.05) is 6.07 Å². The van der Waals surface area contributed by atoms with Crippen molar-refractivity contribution < 1.29 is 24.1 Å². The number of thiophene rings is 1. The summed E-state index contributed by atoms with van der Waals surface area (Å²) >= 11 is 3.05. The van der Waals surface area contributed by atoms with Crippen molar-refractivity contribution in [2.45, 2.75) is 19.4 Å². The molecule has 1 N–H and O–H groups in total. The highest BCUT2D eigenvalue weighted by molar-refractivity contribution is 7.21. The molecule has 5 aromatic rings. The molecule has 11 heteroatoms. The Bertz CT molecular complexity index is 2000. The number of hydrogen-bond acceptors (Lipinski definition) is 10. The molecular formula is C34H28N4O5S2. The van der Waals surface area contributed by atoms with Crippen LogP contribution < -0.4 is 19.2 Å². The molecule has 2 aromatic heterocycles. The van der Waals surface area contributed by atoms with Gasteiger partial charge in [-0.3, -0.25) is 5.01 Å². The van der Waals surface area contributed by atoms with Crippen LogP contribution in [0.15, 0.2) is 77.4 Å². The number of thiazole rings is 1. The number of methoxy groups -OCH3 is 3. The van der Waals surface area contributed by atoms with Gasteiger partial charge in [0, 0.05) is 16.9 Å². The van der Waals surface area contributed by atoms with E-state index in [1.807, 2.05) is 35.3 Å². The topological polar surface area (TPSA) is 117 Å². The average molecular weight is 637 g/mol. The van der Waals surface area contributed by atoms with Crippen LogP contribution in [0.5, 0.6) is 17.2 Å². The van der Waals surface area contributed by atoms with Crippen LogP contribution >= 0.6 is 22.7 Å². The Balaban J connectivity index is 1.39. The van der Waals surface area contributed by atoms with Crippen molar-refractivity contribution in [3.8, 4) is 33.9 Å².